The second-order valence-corrected chi connectivity index (χ2v) is 5.08. The van der Waals surface area contributed by atoms with E-state index in [4.69, 9.17) is 4.74 Å². The highest BCUT2D eigenvalue weighted by molar-refractivity contribution is 7.98. The summed E-state index contributed by atoms with van der Waals surface area (Å²) in [6, 6.07) is 8.50. The van der Waals surface area contributed by atoms with Gasteiger partial charge in [-0.15, -0.1) is 10.2 Å². The van der Waals surface area contributed by atoms with E-state index in [1.54, 1.807) is 18.1 Å². The van der Waals surface area contributed by atoms with Crippen LogP contribution >= 0.6 is 11.8 Å². The molecule has 0 bridgehead atoms. The first-order chi connectivity index (χ1) is 9.38. The summed E-state index contributed by atoms with van der Waals surface area (Å²) >= 11 is 1.59. The van der Waals surface area contributed by atoms with Gasteiger partial charge in [-0.1, -0.05) is 11.8 Å². The van der Waals surface area contributed by atoms with E-state index in [-0.39, 0.29) is 0 Å². The molecule has 0 unspecified atom stereocenters. The molecule has 0 N–H and O–H groups in total. The molecule has 1 aliphatic rings. The molecule has 0 spiro atoms. The van der Waals surface area contributed by atoms with E-state index < -0.39 is 0 Å². The molecule has 0 atom stereocenters. The van der Waals surface area contributed by atoms with Gasteiger partial charge in [0, 0.05) is 24.5 Å². The Hall–Kier alpha value is -1.53. The molecule has 2 aromatic rings. The maximum Gasteiger partial charge on any atom is 0.195 e. The number of ether oxygens (including phenoxy) is 1. The van der Waals surface area contributed by atoms with Crippen LogP contribution in [0.15, 0.2) is 35.7 Å². The minimum atomic E-state index is 0.809. The Kier molecular flexibility index (Phi) is 3.70. The van der Waals surface area contributed by atoms with E-state index in [2.05, 4.69) is 39.4 Å². The van der Waals surface area contributed by atoms with E-state index in [1.165, 1.54) is 5.69 Å². The molecular formula is C13H16N4OS. The minimum absolute atomic E-state index is 0.809. The molecule has 0 saturated carbocycles. The highest BCUT2D eigenvalue weighted by atomic mass is 32.2. The van der Waals surface area contributed by atoms with Gasteiger partial charge in [0.1, 0.15) is 6.33 Å². The summed E-state index contributed by atoms with van der Waals surface area (Å²) < 4.78 is 7.36. The summed E-state index contributed by atoms with van der Waals surface area (Å²) in [6.45, 7) is 3.54. The lowest BCUT2D eigenvalue weighted by molar-refractivity contribution is 0.122. The van der Waals surface area contributed by atoms with Crippen LogP contribution in [0.1, 0.15) is 0 Å². The minimum Gasteiger partial charge on any atom is -0.378 e. The normalized spacial score (nSPS) is 15.7. The quantitative estimate of drug-likeness (QED) is 0.800. The Balaban J connectivity index is 1.82. The van der Waals surface area contributed by atoms with Gasteiger partial charge >= 0.3 is 0 Å². The predicted molar refractivity (Wildman–Crippen MR) is 76.2 cm³/mol. The predicted octanol–water partition coefficient (Wildman–Crippen LogP) is 1.83. The average molecular weight is 276 g/mol. The summed E-state index contributed by atoms with van der Waals surface area (Å²) in [5.41, 5.74) is 2.33. The summed E-state index contributed by atoms with van der Waals surface area (Å²) in [4.78, 5) is 2.34. The first-order valence-electron chi connectivity index (χ1n) is 6.25. The molecular weight excluding hydrogens is 260 g/mol. The van der Waals surface area contributed by atoms with Gasteiger partial charge in [-0.3, -0.25) is 4.57 Å². The van der Waals surface area contributed by atoms with Gasteiger partial charge in [0.05, 0.1) is 13.2 Å². The molecule has 6 heteroatoms. The second-order valence-electron chi connectivity index (χ2n) is 4.30. The molecule has 1 aromatic heterocycles. The largest absolute Gasteiger partial charge is 0.378 e. The molecule has 0 radical (unpaired) electrons. The molecule has 1 saturated heterocycles. The molecule has 0 aliphatic carbocycles. The van der Waals surface area contributed by atoms with Crippen molar-refractivity contribution in [3.8, 4) is 5.69 Å². The molecule has 2 heterocycles. The molecule has 19 heavy (non-hydrogen) atoms. The monoisotopic (exact) mass is 276 g/mol. The molecule has 1 aromatic carbocycles. The number of aromatic nitrogens is 3. The molecule has 5 nitrogen and oxygen atoms in total. The summed E-state index contributed by atoms with van der Waals surface area (Å²) in [5.74, 6) is 0. The van der Waals surface area contributed by atoms with E-state index >= 15 is 0 Å². The van der Waals surface area contributed by atoms with Gasteiger partial charge in [0.25, 0.3) is 0 Å². The van der Waals surface area contributed by atoms with E-state index in [1.807, 2.05) is 10.8 Å². The standard InChI is InChI=1S/C13H16N4OS/c1-19-13-15-14-10-17(13)12-4-2-11(3-5-12)16-6-8-18-9-7-16/h2-5,10H,6-9H2,1H3. The Bertz CT molecular complexity index is 534. The zero-order valence-corrected chi connectivity index (χ0v) is 11.6. The lowest BCUT2D eigenvalue weighted by atomic mass is 10.2. The average Bonchev–Trinajstić information content (AvgIpc) is 2.97. The van der Waals surface area contributed by atoms with Crippen molar-refractivity contribution < 1.29 is 4.74 Å². The third-order valence-electron chi connectivity index (χ3n) is 3.20. The van der Waals surface area contributed by atoms with Crippen molar-refractivity contribution in [3.05, 3.63) is 30.6 Å². The van der Waals surface area contributed by atoms with Crippen molar-refractivity contribution >= 4 is 17.4 Å². The van der Waals surface area contributed by atoms with Gasteiger partial charge in [-0.05, 0) is 30.5 Å². The van der Waals surface area contributed by atoms with Gasteiger partial charge < -0.3 is 9.64 Å². The fourth-order valence-electron chi connectivity index (χ4n) is 2.19. The maximum absolute atomic E-state index is 5.37. The van der Waals surface area contributed by atoms with Crippen LogP contribution in [-0.2, 0) is 4.74 Å². The number of anilines is 1. The highest BCUT2D eigenvalue weighted by Gasteiger charge is 2.11. The van der Waals surface area contributed by atoms with E-state index in [9.17, 15) is 0 Å². The molecule has 1 aliphatic heterocycles. The fourth-order valence-corrected chi connectivity index (χ4v) is 2.66. The zero-order valence-electron chi connectivity index (χ0n) is 10.8. The molecule has 0 amide bonds. The number of morpholine rings is 1. The van der Waals surface area contributed by atoms with Crippen LogP contribution in [0.4, 0.5) is 5.69 Å². The van der Waals surface area contributed by atoms with Crippen LogP contribution in [0.2, 0.25) is 0 Å². The smallest absolute Gasteiger partial charge is 0.195 e. The van der Waals surface area contributed by atoms with Crippen molar-refractivity contribution in [2.75, 3.05) is 37.5 Å². The third kappa shape index (κ3) is 2.59. The SMILES string of the molecule is CSc1nncn1-c1ccc(N2CCOCC2)cc1. The molecule has 1 fully saturated rings. The van der Waals surface area contributed by atoms with Gasteiger partial charge in [0.2, 0.25) is 0 Å². The first kappa shape index (κ1) is 12.5. The van der Waals surface area contributed by atoms with Crippen molar-refractivity contribution in [2.45, 2.75) is 5.16 Å². The number of hydrogen-bond donors (Lipinski definition) is 0. The zero-order chi connectivity index (χ0) is 13.1. The number of rotatable bonds is 3. The summed E-state index contributed by atoms with van der Waals surface area (Å²) in [5, 5.41) is 8.92. The number of nitrogens with zero attached hydrogens (tertiary/aromatic N) is 4. The molecule has 3 rings (SSSR count). The lowest BCUT2D eigenvalue weighted by Gasteiger charge is -2.28. The van der Waals surface area contributed by atoms with Crippen LogP contribution in [0.25, 0.3) is 5.69 Å². The first-order valence-corrected chi connectivity index (χ1v) is 7.48. The highest BCUT2D eigenvalue weighted by Crippen LogP contribution is 2.21. The third-order valence-corrected chi connectivity index (χ3v) is 3.85. The van der Waals surface area contributed by atoms with Gasteiger partial charge in [-0.2, -0.15) is 0 Å². The van der Waals surface area contributed by atoms with Gasteiger partial charge in [0.15, 0.2) is 5.16 Å². The molecule has 100 valence electrons. The summed E-state index contributed by atoms with van der Waals surface area (Å²) in [7, 11) is 0. The van der Waals surface area contributed by atoms with Crippen molar-refractivity contribution in [2.24, 2.45) is 0 Å². The Morgan fingerprint density at radius 2 is 1.79 bits per heavy atom. The van der Waals surface area contributed by atoms with E-state index in [0.717, 1.165) is 37.1 Å². The Labute approximate surface area is 116 Å². The van der Waals surface area contributed by atoms with Crippen molar-refractivity contribution in [3.63, 3.8) is 0 Å². The second kappa shape index (κ2) is 5.63. The Morgan fingerprint density at radius 3 is 2.47 bits per heavy atom. The number of hydrogen-bond acceptors (Lipinski definition) is 5. The summed E-state index contributed by atoms with van der Waals surface area (Å²) in [6.07, 6.45) is 3.75. The lowest BCUT2D eigenvalue weighted by Crippen LogP contribution is -2.36. The Morgan fingerprint density at radius 1 is 1.11 bits per heavy atom. The van der Waals surface area contributed by atoms with Crippen LogP contribution in [0, 0.1) is 0 Å². The van der Waals surface area contributed by atoms with Crippen LogP contribution in [-0.4, -0.2) is 47.3 Å². The topological polar surface area (TPSA) is 43.2 Å². The van der Waals surface area contributed by atoms with Crippen LogP contribution < -0.4 is 4.90 Å². The van der Waals surface area contributed by atoms with E-state index in [0.29, 0.717) is 0 Å². The van der Waals surface area contributed by atoms with Gasteiger partial charge in [-0.25, -0.2) is 0 Å². The van der Waals surface area contributed by atoms with Crippen molar-refractivity contribution in [1.29, 1.82) is 0 Å². The van der Waals surface area contributed by atoms with Crippen LogP contribution in [0.5, 0.6) is 0 Å². The number of thioether (sulfide) groups is 1. The maximum atomic E-state index is 5.37. The number of benzene rings is 1. The van der Waals surface area contributed by atoms with Crippen molar-refractivity contribution in [1.82, 2.24) is 14.8 Å². The van der Waals surface area contributed by atoms with Crippen LogP contribution in [0.3, 0.4) is 0 Å². The fraction of sp³-hybridized carbons (Fsp3) is 0.385.